The number of hydrogen-bond donors (Lipinski definition) is 1. The molecule has 58 valence electrons. The van der Waals surface area contributed by atoms with Crippen LogP contribution in [0.4, 0.5) is 0 Å². The molecule has 0 aromatic rings. The van der Waals surface area contributed by atoms with Gasteiger partial charge in [0, 0.05) is 10.4 Å². The molecule has 10 heavy (non-hydrogen) atoms. The van der Waals surface area contributed by atoms with Gasteiger partial charge in [-0.1, -0.05) is 0 Å². The summed E-state index contributed by atoms with van der Waals surface area (Å²) in [6.45, 7) is 0. The summed E-state index contributed by atoms with van der Waals surface area (Å²) < 4.78 is 0. The fourth-order valence-electron chi connectivity index (χ4n) is 2.17. The Hall–Kier alpha value is 0.250. The third-order valence-corrected chi connectivity index (χ3v) is 3.78. The second-order valence-electron chi connectivity index (χ2n) is 4.01. The Balaban J connectivity index is 2.16. The molecule has 2 N–H and O–H groups in total. The second-order valence-corrected chi connectivity index (χ2v) is 4.82. The smallest absolute Gasteiger partial charge is 0.0449 e. The van der Waals surface area contributed by atoms with Gasteiger partial charge in [0.2, 0.25) is 0 Å². The Morgan fingerprint density at radius 1 is 0.900 bits per heavy atom. The largest absolute Gasteiger partial charge is 0.325 e. The molecule has 2 heteroatoms. The fourth-order valence-corrected chi connectivity index (χ4v) is 2.45. The van der Waals surface area contributed by atoms with Crippen molar-refractivity contribution in [2.75, 3.05) is 0 Å². The summed E-state index contributed by atoms with van der Waals surface area (Å²) in [7, 11) is 0. The Morgan fingerprint density at radius 2 is 1.30 bits per heavy atom. The Bertz CT molecular complexity index is 113. The SMILES string of the molecule is NC12CCC(Cl)(CC1)CC2. The average Bonchev–Trinajstić information content (AvgIpc) is 1.93. The maximum atomic E-state index is 6.30. The first-order valence-electron chi connectivity index (χ1n) is 4.10. The highest BCUT2D eigenvalue weighted by molar-refractivity contribution is 6.24. The lowest BCUT2D eigenvalue weighted by Gasteiger charge is -2.48. The molecular formula is C8H14ClN. The Kier molecular flexibility index (Phi) is 1.31. The van der Waals surface area contributed by atoms with Crippen LogP contribution in [0.3, 0.4) is 0 Å². The van der Waals surface area contributed by atoms with E-state index < -0.39 is 0 Å². The molecule has 0 saturated heterocycles. The van der Waals surface area contributed by atoms with Crippen LogP contribution in [0.15, 0.2) is 0 Å². The van der Waals surface area contributed by atoms with Gasteiger partial charge in [-0.15, -0.1) is 11.6 Å². The van der Waals surface area contributed by atoms with Crippen LogP contribution in [0.5, 0.6) is 0 Å². The monoisotopic (exact) mass is 159 g/mol. The number of alkyl halides is 1. The summed E-state index contributed by atoms with van der Waals surface area (Å²) in [6, 6.07) is 0. The molecule has 0 aliphatic heterocycles. The van der Waals surface area contributed by atoms with Gasteiger partial charge in [0.25, 0.3) is 0 Å². The summed E-state index contributed by atoms with van der Waals surface area (Å²) in [5.74, 6) is 0. The van der Waals surface area contributed by atoms with Crippen LogP contribution in [0.1, 0.15) is 38.5 Å². The zero-order valence-corrected chi connectivity index (χ0v) is 6.95. The van der Waals surface area contributed by atoms with Gasteiger partial charge in [0.05, 0.1) is 0 Å². The number of rotatable bonds is 0. The van der Waals surface area contributed by atoms with E-state index in [1.165, 1.54) is 0 Å². The van der Waals surface area contributed by atoms with E-state index in [9.17, 15) is 0 Å². The molecule has 3 aliphatic rings. The first-order chi connectivity index (χ1) is 4.62. The van der Waals surface area contributed by atoms with Crippen molar-refractivity contribution in [2.45, 2.75) is 48.9 Å². The molecular weight excluding hydrogens is 146 g/mol. The molecule has 0 aromatic heterocycles. The Morgan fingerprint density at radius 3 is 1.60 bits per heavy atom. The van der Waals surface area contributed by atoms with E-state index in [1.807, 2.05) is 0 Å². The molecule has 3 aliphatic carbocycles. The van der Waals surface area contributed by atoms with Gasteiger partial charge in [-0.05, 0) is 38.5 Å². The van der Waals surface area contributed by atoms with Gasteiger partial charge in [-0.2, -0.15) is 0 Å². The van der Waals surface area contributed by atoms with Crippen molar-refractivity contribution in [3.63, 3.8) is 0 Å². The van der Waals surface area contributed by atoms with Gasteiger partial charge >= 0.3 is 0 Å². The third kappa shape index (κ3) is 0.960. The minimum absolute atomic E-state index is 0.154. The number of hydrogen-bond acceptors (Lipinski definition) is 1. The maximum Gasteiger partial charge on any atom is 0.0449 e. The van der Waals surface area contributed by atoms with Gasteiger partial charge in [-0.3, -0.25) is 0 Å². The molecule has 3 rings (SSSR count). The molecule has 0 spiro atoms. The first kappa shape index (κ1) is 6.93. The molecule has 0 radical (unpaired) electrons. The van der Waals surface area contributed by atoms with Crippen LogP contribution >= 0.6 is 11.6 Å². The van der Waals surface area contributed by atoms with Crippen LogP contribution in [0.25, 0.3) is 0 Å². The van der Waals surface area contributed by atoms with E-state index in [2.05, 4.69) is 0 Å². The molecule has 0 amide bonds. The van der Waals surface area contributed by atoms with Crippen molar-refractivity contribution in [2.24, 2.45) is 5.73 Å². The predicted octanol–water partition coefficient (Wildman–Crippen LogP) is 2.03. The molecule has 1 nitrogen and oxygen atoms in total. The van der Waals surface area contributed by atoms with E-state index >= 15 is 0 Å². The van der Waals surface area contributed by atoms with Crippen molar-refractivity contribution >= 4 is 11.6 Å². The lowest BCUT2D eigenvalue weighted by Crippen LogP contribution is -2.52. The van der Waals surface area contributed by atoms with Crippen LogP contribution in [-0.2, 0) is 0 Å². The Labute approximate surface area is 66.9 Å². The molecule has 3 saturated carbocycles. The van der Waals surface area contributed by atoms with E-state index in [0.717, 1.165) is 38.5 Å². The summed E-state index contributed by atoms with van der Waals surface area (Å²) >= 11 is 6.30. The van der Waals surface area contributed by atoms with Crippen LogP contribution in [0.2, 0.25) is 0 Å². The van der Waals surface area contributed by atoms with E-state index in [1.54, 1.807) is 0 Å². The van der Waals surface area contributed by atoms with E-state index in [4.69, 9.17) is 17.3 Å². The zero-order chi connectivity index (χ0) is 7.24. The quantitative estimate of drug-likeness (QED) is 0.538. The predicted molar refractivity (Wildman–Crippen MR) is 43.2 cm³/mol. The second kappa shape index (κ2) is 1.89. The summed E-state index contributed by atoms with van der Waals surface area (Å²) in [6.07, 6.45) is 6.88. The molecule has 0 atom stereocenters. The highest BCUT2D eigenvalue weighted by Gasteiger charge is 2.45. The van der Waals surface area contributed by atoms with Gasteiger partial charge in [-0.25, -0.2) is 0 Å². The van der Waals surface area contributed by atoms with Gasteiger partial charge in [0.1, 0.15) is 0 Å². The van der Waals surface area contributed by atoms with Crippen LogP contribution in [0, 0.1) is 0 Å². The summed E-state index contributed by atoms with van der Waals surface area (Å²) in [5.41, 5.74) is 6.27. The highest BCUT2D eigenvalue weighted by atomic mass is 35.5. The lowest BCUT2D eigenvalue weighted by molar-refractivity contribution is 0.160. The summed E-state index contributed by atoms with van der Waals surface area (Å²) in [4.78, 5) is 0.154. The third-order valence-electron chi connectivity index (χ3n) is 3.21. The normalized spacial score (nSPS) is 53.4. The molecule has 3 fully saturated rings. The molecule has 0 heterocycles. The number of fused-ring (bicyclic) bond motifs is 3. The van der Waals surface area contributed by atoms with E-state index in [0.29, 0.717) is 0 Å². The van der Waals surface area contributed by atoms with Crippen molar-refractivity contribution in [3.8, 4) is 0 Å². The molecule has 2 bridgehead atoms. The van der Waals surface area contributed by atoms with Crippen LogP contribution in [-0.4, -0.2) is 10.4 Å². The molecule has 0 aromatic carbocycles. The van der Waals surface area contributed by atoms with Gasteiger partial charge < -0.3 is 5.73 Å². The average molecular weight is 160 g/mol. The van der Waals surface area contributed by atoms with Crippen molar-refractivity contribution in [1.82, 2.24) is 0 Å². The minimum atomic E-state index is 0.154. The minimum Gasteiger partial charge on any atom is -0.325 e. The van der Waals surface area contributed by atoms with Crippen molar-refractivity contribution < 1.29 is 0 Å². The first-order valence-corrected chi connectivity index (χ1v) is 4.48. The number of nitrogens with two attached hydrogens (primary N) is 1. The molecule has 0 unspecified atom stereocenters. The van der Waals surface area contributed by atoms with Crippen LogP contribution < -0.4 is 5.73 Å². The van der Waals surface area contributed by atoms with Crippen molar-refractivity contribution in [1.29, 1.82) is 0 Å². The fraction of sp³-hybridized carbons (Fsp3) is 1.00. The van der Waals surface area contributed by atoms with Gasteiger partial charge in [0.15, 0.2) is 0 Å². The summed E-state index contributed by atoms with van der Waals surface area (Å²) in [5, 5.41) is 0. The highest BCUT2D eigenvalue weighted by Crippen LogP contribution is 2.48. The standard InChI is InChI=1S/C8H14ClN/c9-7-1-4-8(10,5-2-7)6-3-7/h1-6,10H2. The maximum absolute atomic E-state index is 6.30. The van der Waals surface area contributed by atoms with E-state index in [-0.39, 0.29) is 10.4 Å². The number of halogens is 1. The lowest BCUT2D eigenvalue weighted by atomic mass is 9.66. The topological polar surface area (TPSA) is 26.0 Å². The zero-order valence-electron chi connectivity index (χ0n) is 6.20. The van der Waals surface area contributed by atoms with Crippen molar-refractivity contribution in [3.05, 3.63) is 0 Å².